The summed E-state index contributed by atoms with van der Waals surface area (Å²) in [5, 5.41) is 22.4. The Kier molecular flexibility index (Phi) is 7.28. The van der Waals surface area contributed by atoms with Crippen molar-refractivity contribution in [2.45, 2.75) is 18.9 Å². The summed E-state index contributed by atoms with van der Waals surface area (Å²) in [5.74, 6) is -1.92. The fourth-order valence-corrected chi connectivity index (χ4v) is 1.58. The second-order valence-corrected chi connectivity index (χ2v) is 4.75. The number of phenols is 1. The van der Waals surface area contributed by atoms with Crippen LogP contribution in [0.1, 0.15) is 18.4 Å². The number of carbonyl (C=O) groups is 3. The fraction of sp³-hybridized carbons (Fsp3) is 0.267. The number of carboxylic acid groups (broad SMARTS) is 1. The maximum atomic E-state index is 11.5. The molecule has 0 saturated heterocycles. The van der Waals surface area contributed by atoms with Gasteiger partial charge in [0.05, 0.1) is 12.6 Å². The second kappa shape index (κ2) is 9.21. The third-order valence-electron chi connectivity index (χ3n) is 2.84. The van der Waals surface area contributed by atoms with E-state index in [-0.39, 0.29) is 25.1 Å². The molecule has 124 valence electrons. The van der Waals surface area contributed by atoms with Gasteiger partial charge in [-0.05, 0) is 30.2 Å². The number of nitrogens with one attached hydrogen (secondary N) is 2. The normalized spacial score (nSPS) is 11.9. The minimum atomic E-state index is -1.04. The van der Waals surface area contributed by atoms with Gasteiger partial charge >= 0.3 is 5.97 Å². The fourth-order valence-electron chi connectivity index (χ4n) is 1.58. The van der Waals surface area contributed by atoms with Crippen LogP contribution in [-0.4, -0.2) is 40.6 Å². The van der Waals surface area contributed by atoms with Crippen molar-refractivity contribution < 1.29 is 24.6 Å². The van der Waals surface area contributed by atoms with Crippen LogP contribution >= 0.6 is 0 Å². The van der Waals surface area contributed by atoms with Gasteiger partial charge in [0.1, 0.15) is 5.75 Å². The number of nitrogens with two attached hydrogens (primary N) is 1. The molecule has 0 bridgehead atoms. The zero-order chi connectivity index (χ0) is 17.2. The number of benzene rings is 1. The van der Waals surface area contributed by atoms with E-state index in [1.54, 1.807) is 18.2 Å². The van der Waals surface area contributed by atoms with Crippen molar-refractivity contribution in [2.75, 3.05) is 6.54 Å². The summed E-state index contributed by atoms with van der Waals surface area (Å²) in [5.41, 5.74) is 6.28. The lowest BCUT2D eigenvalue weighted by Gasteiger charge is -2.10. The van der Waals surface area contributed by atoms with Gasteiger partial charge in [0.25, 0.3) is 0 Å². The van der Waals surface area contributed by atoms with Crippen molar-refractivity contribution in [3.05, 3.63) is 36.0 Å². The number of aliphatic carboxylic acids is 1. The molecule has 1 rings (SSSR count). The minimum Gasteiger partial charge on any atom is -0.508 e. The lowest BCUT2D eigenvalue weighted by atomic mass is 10.1. The molecule has 8 heteroatoms. The highest BCUT2D eigenvalue weighted by molar-refractivity contribution is 5.88. The van der Waals surface area contributed by atoms with Crippen LogP contribution in [0.15, 0.2) is 30.5 Å². The summed E-state index contributed by atoms with van der Waals surface area (Å²) in [6, 6.07) is 5.40. The Morgan fingerprint density at radius 3 is 2.48 bits per heavy atom. The van der Waals surface area contributed by atoms with Crippen LogP contribution in [0.5, 0.6) is 5.75 Å². The summed E-state index contributed by atoms with van der Waals surface area (Å²) in [6.45, 7) is -0.264. The molecule has 0 aliphatic heterocycles. The Morgan fingerprint density at radius 2 is 1.87 bits per heavy atom. The monoisotopic (exact) mass is 321 g/mol. The SMILES string of the molecule is N[C@@H](CCC(=O)O)C(=O)NCC(=O)NC=Cc1ccc(O)cc1. The van der Waals surface area contributed by atoms with E-state index in [9.17, 15) is 14.4 Å². The van der Waals surface area contributed by atoms with Crippen molar-refractivity contribution in [1.82, 2.24) is 10.6 Å². The van der Waals surface area contributed by atoms with Crippen LogP contribution in [0.25, 0.3) is 6.08 Å². The Bertz CT molecular complexity index is 583. The summed E-state index contributed by atoms with van der Waals surface area (Å²) in [7, 11) is 0. The van der Waals surface area contributed by atoms with Crippen LogP contribution in [0, 0.1) is 0 Å². The van der Waals surface area contributed by atoms with Gasteiger partial charge in [-0.15, -0.1) is 0 Å². The lowest BCUT2D eigenvalue weighted by Crippen LogP contribution is -2.44. The second-order valence-electron chi connectivity index (χ2n) is 4.75. The van der Waals surface area contributed by atoms with Crippen LogP contribution < -0.4 is 16.4 Å². The standard InChI is InChI=1S/C15H19N3O5/c16-12(5-6-14(21)22)15(23)18-9-13(20)17-8-7-10-1-3-11(19)4-2-10/h1-4,7-8,12,19H,5-6,9,16H2,(H,17,20)(H,18,23)(H,21,22)/t12-/m0/s1. The number of hydrogen-bond donors (Lipinski definition) is 5. The maximum absolute atomic E-state index is 11.5. The van der Waals surface area contributed by atoms with E-state index in [2.05, 4.69) is 10.6 Å². The van der Waals surface area contributed by atoms with E-state index in [0.717, 1.165) is 5.56 Å². The largest absolute Gasteiger partial charge is 0.508 e. The van der Waals surface area contributed by atoms with Gasteiger partial charge in [-0.3, -0.25) is 14.4 Å². The summed E-state index contributed by atoms with van der Waals surface area (Å²) >= 11 is 0. The first-order valence-corrected chi connectivity index (χ1v) is 6.88. The zero-order valence-electron chi connectivity index (χ0n) is 12.4. The first-order valence-electron chi connectivity index (χ1n) is 6.88. The van der Waals surface area contributed by atoms with Crippen molar-refractivity contribution in [3.8, 4) is 5.75 Å². The molecule has 0 heterocycles. The van der Waals surface area contributed by atoms with Gasteiger partial charge in [0.2, 0.25) is 11.8 Å². The van der Waals surface area contributed by atoms with Crippen molar-refractivity contribution >= 4 is 23.9 Å². The topological polar surface area (TPSA) is 142 Å². The van der Waals surface area contributed by atoms with E-state index in [1.165, 1.54) is 18.3 Å². The van der Waals surface area contributed by atoms with E-state index >= 15 is 0 Å². The molecule has 0 unspecified atom stereocenters. The first-order chi connectivity index (χ1) is 10.9. The van der Waals surface area contributed by atoms with Gasteiger partial charge in [0, 0.05) is 12.6 Å². The van der Waals surface area contributed by atoms with Crippen molar-refractivity contribution in [1.29, 1.82) is 0 Å². The molecule has 0 radical (unpaired) electrons. The molecule has 0 aliphatic rings. The number of hydrogen-bond acceptors (Lipinski definition) is 5. The third kappa shape index (κ3) is 7.63. The highest BCUT2D eigenvalue weighted by atomic mass is 16.4. The van der Waals surface area contributed by atoms with Gasteiger partial charge in [-0.25, -0.2) is 0 Å². The van der Waals surface area contributed by atoms with E-state index in [0.29, 0.717) is 0 Å². The number of phenolic OH excluding ortho intramolecular Hbond substituents is 1. The van der Waals surface area contributed by atoms with E-state index in [1.807, 2.05) is 0 Å². The molecule has 23 heavy (non-hydrogen) atoms. The molecule has 0 fully saturated rings. The maximum Gasteiger partial charge on any atom is 0.303 e. The molecule has 2 amide bonds. The molecular weight excluding hydrogens is 302 g/mol. The number of amides is 2. The molecule has 8 nitrogen and oxygen atoms in total. The summed E-state index contributed by atoms with van der Waals surface area (Å²) in [6.07, 6.45) is 2.82. The molecule has 1 atom stereocenters. The molecule has 1 aromatic rings. The average molecular weight is 321 g/mol. The Labute approximate surface area is 133 Å². The summed E-state index contributed by atoms with van der Waals surface area (Å²) < 4.78 is 0. The van der Waals surface area contributed by atoms with Crippen molar-refractivity contribution in [3.63, 3.8) is 0 Å². The number of aromatic hydroxyl groups is 1. The van der Waals surface area contributed by atoms with E-state index < -0.39 is 23.8 Å². The quantitative estimate of drug-likeness (QED) is 0.448. The van der Waals surface area contributed by atoms with Crippen LogP contribution in [0.4, 0.5) is 0 Å². The highest BCUT2D eigenvalue weighted by Crippen LogP contribution is 2.10. The molecule has 0 aliphatic carbocycles. The molecule has 1 aromatic carbocycles. The van der Waals surface area contributed by atoms with Gasteiger partial charge in [0.15, 0.2) is 0 Å². The third-order valence-corrected chi connectivity index (χ3v) is 2.84. The predicted molar refractivity (Wildman–Crippen MR) is 83.1 cm³/mol. The van der Waals surface area contributed by atoms with Gasteiger partial charge in [-0.1, -0.05) is 12.1 Å². The number of rotatable bonds is 8. The van der Waals surface area contributed by atoms with Crippen molar-refractivity contribution in [2.24, 2.45) is 5.73 Å². The lowest BCUT2D eigenvalue weighted by molar-refractivity contribution is -0.137. The minimum absolute atomic E-state index is 0.00351. The molecule has 0 saturated carbocycles. The van der Waals surface area contributed by atoms with E-state index in [4.69, 9.17) is 15.9 Å². The predicted octanol–water partition coefficient (Wildman–Crippen LogP) is -0.213. The molecule has 0 aromatic heterocycles. The Morgan fingerprint density at radius 1 is 1.22 bits per heavy atom. The van der Waals surface area contributed by atoms with Crippen LogP contribution in [-0.2, 0) is 14.4 Å². The molecular formula is C15H19N3O5. The Hall–Kier alpha value is -2.87. The zero-order valence-corrected chi connectivity index (χ0v) is 12.4. The first kappa shape index (κ1) is 18.2. The highest BCUT2D eigenvalue weighted by Gasteiger charge is 2.15. The smallest absolute Gasteiger partial charge is 0.303 e. The van der Waals surface area contributed by atoms with Gasteiger partial charge in [-0.2, -0.15) is 0 Å². The molecule has 6 N–H and O–H groups in total. The number of carbonyl (C=O) groups excluding carboxylic acids is 2. The van der Waals surface area contributed by atoms with Crippen LogP contribution in [0.3, 0.4) is 0 Å². The molecule has 0 spiro atoms. The summed E-state index contributed by atoms with van der Waals surface area (Å²) in [4.78, 5) is 33.4. The Balaban J connectivity index is 2.29. The van der Waals surface area contributed by atoms with Gasteiger partial charge < -0.3 is 26.6 Å². The number of carboxylic acids is 1. The average Bonchev–Trinajstić information content (AvgIpc) is 2.52. The van der Waals surface area contributed by atoms with Crippen LogP contribution in [0.2, 0.25) is 0 Å².